The lowest BCUT2D eigenvalue weighted by Crippen LogP contribution is -2.42. The molecule has 6 rings (SSSR count). The first-order valence-corrected chi connectivity index (χ1v) is 17.0. The number of methoxy groups -OCH3 is 2. The van der Waals surface area contributed by atoms with Gasteiger partial charge in [-0.3, -0.25) is 4.79 Å². The van der Waals surface area contributed by atoms with Gasteiger partial charge in [-0.05, 0) is 48.2 Å². The maximum Gasteiger partial charge on any atom is 0.490 e. The summed E-state index contributed by atoms with van der Waals surface area (Å²) < 4.78 is 44.3. The van der Waals surface area contributed by atoms with Gasteiger partial charge < -0.3 is 50.6 Å². The van der Waals surface area contributed by atoms with Gasteiger partial charge in [-0.15, -0.1) is 0 Å². The number of carboxylic acid groups (broad SMARTS) is 1. The number of nitrogens with zero attached hydrogens (tertiary/aromatic N) is 5. The number of aliphatic hydroxyl groups is 2. The molecule has 2 aromatic carbocycles. The van der Waals surface area contributed by atoms with Crippen LogP contribution >= 0.6 is 0 Å². The molecule has 1 aliphatic carbocycles. The second kappa shape index (κ2) is 16.6. The number of carboxylic acids is 1. The van der Waals surface area contributed by atoms with Crippen LogP contribution in [0.3, 0.4) is 0 Å². The van der Waals surface area contributed by atoms with Crippen molar-refractivity contribution in [1.82, 2.24) is 24.8 Å². The lowest BCUT2D eigenvalue weighted by Gasteiger charge is -2.22. The number of amides is 1. The van der Waals surface area contributed by atoms with Gasteiger partial charge in [0.15, 0.2) is 17.0 Å². The van der Waals surface area contributed by atoms with Crippen molar-refractivity contribution < 1.29 is 47.6 Å². The molecule has 2 aliphatic rings. The average molecular weight is 745 g/mol. The number of nitrogens with two attached hydrogens (primary N) is 1. The molecule has 1 amide bonds. The van der Waals surface area contributed by atoms with Gasteiger partial charge in [0.25, 0.3) is 0 Å². The normalized spacial score (nSPS) is 21.3. The Morgan fingerprint density at radius 3 is 2.08 bits per heavy atom. The van der Waals surface area contributed by atoms with Crippen LogP contribution in [0.5, 0.6) is 11.5 Å². The SMILES string of the molecule is CCC(=O)N[C@H]1C[C@@H](n2cnc3c(NCC(c4ccc(OC)cc4)c4ccc(OC)cc4)nc(N4CC[C@@H](N)C4)nc32)[C@H](O)[C@@H]1O.O=C(O)C(F)(F)F. The minimum absolute atomic E-state index is 0.0184. The van der Waals surface area contributed by atoms with Crippen LogP contribution in [0.4, 0.5) is 24.9 Å². The lowest BCUT2D eigenvalue weighted by atomic mass is 9.91. The van der Waals surface area contributed by atoms with E-state index in [0.717, 1.165) is 35.6 Å². The van der Waals surface area contributed by atoms with Gasteiger partial charge >= 0.3 is 12.1 Å². The fourth-order valence-corrected chi connectivity index (χ4v) is 6.42. The third-order valence-electron chi connectivity index (χ3n) is 9.35. The number of benzene rings is 2. The third-order valence-corrected chi connectivity index (χ3v) is 9.35. The smallest absolute Gasteiger partial charge is 0.490 e. The van der Waals surface area contributed by atoms with Crippen LogP contribution in [-0.2, 0) is 9.59 Å². The van der Waals surface area contributed by atoms with Crippen molar-refractivity contribution in [3.63, 3.8) is 0 Å². The molecule has 1 saturated carbocycles. The zero-order chi connectivity index (χ0) is 38.4. The van der Waals surface area contributed by atoms with Gasteiger partial charge in [0.1, 0.15) is 23.7 Å². The molecular weight excluding hydrogens is 701 g/mol. The molecule has 2 fully saturated rings. The highest BCUT2D eigenvalue weighted by molar-refractivity contribution is 5.84. The lowest BCUT2D eigenvalue weighted by molar-refractivity contribution is -0.192. The first-order valence-electron chi connectivity index (χ1n) is 17.0. The van der Waals surface area contributed by atoms with Crippen molar-refractivity contribution in [1.29, 1.82) is 0 Å². The number of carbonyl (C=O) groups is 2. The Labute approximate surface area is 302 Å². The number of nitrogens with one attached hydrogen (secondary N) is 2. The highest BCUT2D eigenvalue weighted by atomic mass is 19.4. The van der Waals surface area contributed by atoms with Crippen molar-refractivity contribution >= 4 is 34.8 Å². The fraction of sp³-hybridized carbons (Fsp3) is 0.457. The van der Waals surface area contributed by atoms with E-state index in [0.29, 0.717) is 42.4 Å². The Kier molecular flexibility index (Phi) is 12.3. The second-order valence-corrected chi connectivity index (χ2v) is 12.8. The highest BCUT2D eigenvalue weighted by Crippen LogP contribution is 2.36. The molecule has 18 heteroatoms. The maximum atomic E-state index is 12.1. The van der Waals surface area contributed by atoms with Crippen LogP contribution in [0.15, 0.2) is 54.9 Å². The number of alkyl halides is 3. The molecule has 286 valence electrons. The zero-order valence-electron chi connectivity index (χ0n) is 29.3. The Hall–Kier alpha value is -5.20. The van der Waals surface area contributed by atoms with E-state index >= 15 is 0 Å². The Bertz CT molecular complexity index is 1810. The summed E-state index contributed by atoms with van der Waals surface area (Å²) >= 11 is 0. The predicted octanol–water partition coefficient (Wildman–Crippen LogP) is 2.82. The highest BCUT2D eigenvalue weighted by Gasteiger charge is 2.44. The Morgan fingerprint density at radius 1 is 1.00 bits per heavy atom. The molecule has 0 unspecified atom stereocenters. The number of hydrogen-bond donors (Lipinski definition) is 6. The van der Waals surface area contributed by atoms with E-state index in [4.69, 9.17) is 40.1 Å². The number of aliphatic hydroxyl groups excluding tert-OH is 2. The fourth-order valence-electron chi connectivity index (χ4n) is 6.42. The van der Waals surface area contributed by atoms with E-state index in [1.54, 1.807) is 32.0 Å². The Balaban J connectivity index is 0.000000705. The molecule has 2 aromatic heterocycles. The van der Waals surface area contributed by atoms with Crippen LogP contribution in [-0.4, -0.2) is 111 Å². The molecule has 1 saturated heterocycles. The molecule has 0 spiro atoms. The molecule has 5 atom stereocenters. The van der Waals surface area contributed by atoms with E-state index in [2.05, 4.69) is 39.8 Å². The van der Waals surface area contributed by atoms with Crippen LogP contribution in [0, 0.1) is 0 Å². The van der Waals surface area contributed by atoms with Crippen molar-refractivity contribution in [3.05, 3.63) is 66.0 Å². The maximum absolute atomic E-state index is 12.1. The predicted molar refractivity (Wildman–Crippen MR) is 188 cm³/mol. The summed E-state index contributed by atoms with van der Waals surface area (Å²) in [5.41, 5.74) is 9.49. The second-order valence-electron chi connectivity index (χ2n) is 12.8. The molecule has 1 aliphatic heterocycles. The number of halogens is 3. The van der Waals surface area contributed by atoms with Crippen molar-refractivity contribution in [2.24, 2.45) is 5.73 Å². The number of rotatable bonds is 11. The van der Waals surface area contributed by atoms with Gasteiger partial charge in [0.2, 0.25) is 11.9 Å². The number of hydrogen-bond acceptors (Lipinski definition) is 12. The summed E-state index contributed by atoms with van der Waals surface area (Å²) in [4.78, 5) is 37.6. The largest absolute Gasteiger partial charge is 0.497 e. The van der Waals surface area contributed by atoms with Gasteiger partial charge in [-0.2, -0.15) is 23.1 Å². The number of aliphatic carboxylic acids is 1. The number of anilines is 2. The van der Waals surface area contributed by atoms with Gasteiger partial charge in [0, 0.05) is 38.0 Å². The first-order chi connectivity index (χ1) is 25.2. The summed E-state index contributed by atoms with van der Waals surface area (Å²) in [6, 6.07) is 14.9. The zero-order valence-corrected chi connectivity index (χ0v) is 29.3. The summed E-state index contributed by atoms with van der Waals surface area (Å²) in [6.45, 7) is 3.58. The third kappa shape index (κ3) is 9.06. The number of carbonyl (C=O) groups excluding carboxylic acids is 1. The van der Waals surface area contributed by atoms with Crippen molar-refractivity contribution in [2.45, 2.75) is 68.6 Å². The van der Waals surface area contributed by atoms with Crippen LogP contribution in [0.2, 0.25) is 0 Å². The van der Waals surface area contributed by atoms with E-state index in [9.17, 15) is 28.2 Å². The number of fused-ring (bicyclic) bond motifs is 1. The quantitative estimate of drug-likeness (QED) is 0.131. The molecule has 3 heterocycles. The summed E-state index contributed by atoms with van der Waals surface area (Å²) in [5.74, 6) is -0.379. The van der Waals surface area contributed by atoms with Crippen LogP contribution in [0.25, 0.3) is 11.2 Å². The minimum atomic E-state index is -5.08. The molecule has 53 heavy (non-hydrogen) atoms. The van der Waals surface area contributed by atoms with Crippen LogP contribution < -0.4 is 30.7 Å². The van der Waals surface area contributed by atoms with Crippen molar-refractivity contribution in [3.8, 4) is 11.5 Å². The molecule has 4 aromatic rings. The molecule has 0 bridgehead atoms. The number of aromatic nitrogens is 4. The summed E-state index contributed by atoms with van der Waals surface area (Å²) in [5, 5.41) is 35.4. The molecule has 0 radical (unpaired) electrons. The summed E-state index contributed by atoms with van der Waals surface area (Å²) in [7, 11) is 3.29. The number of imidazole rings is 1. The standard InChI is InChI=1S/C33H42N8O5.C2HF3O2/c1-4-27(42)37-25-15-26(30(44)29(25)43)41-18-36-28-31(38-33(39-32(28)41)40-14-13-21(34)17-40)35-16-24(19-5-9-22(45-2)10-6-19)20-7-11-23(46-3)12-8-20;3-2(4,5)1(6)7/h5-12,18,21,24-26,29-30,43-44H,4,13-17,34H2,1-3H3,(H,37,42)(H,35,38,39);(H,6,7)/t21-,25+,26-,29-,30+;/m1./s1. The van der Waals surface area contributed by atoms with E-state index in [1.165, 1.54) is 0 Å². The topological polar surface area (TPSA) is 210 Å². The van der Waals surface area contributed by atoms with Crippen LogP contribution in [0.1, 0.15) is 49.3 Å². The monoisotopic (exact) mass is 744 g/mol. The first kappa shape index (κ1) is 39.0. The van der Waals surface area contributed by atoms with Crippen molar-refractivity contribution in [2.75, 3.05) is 44.1 Å². The van der Waals surface area contributed by atoms with E-state index in [1.807, 2.05) is 24.3 Å². The molecular formula is C35H43F3N8O7. The van der Waals surface area contributed by atoms with Gasteiger partial charge in [0.05, 0.1) is 32.6 Å². The van der Waals surface area contributed by atoms with E-state index in [-0.39, 0.29) is 24.3 Å². The van der Waals surface area contributed by atoms with E-state index < -0.39 is 36.4 Å². The molecule has 15 nitrogen and oxygen atoms in total. The number of ether oxygens (including phenoxy) is 2. The minimum Gasteiger partial charge on any atom is -0.497 e. The van der Waals surface area contributed by atoms with Gasteiger partial charge in [-0.1, -0.05) is 31.2 Å². The molecule has 7 N–H and O–H groups in total. The Morgan fingerprint density at radius 2 is 1.58 bits per heavy atom. The van der Waals surface area contributed by atoms with Gasteiger partial charge in [-0.25, -0.2) is 9.78 Å². The average Bonchev–Trinajstić information content (AvgIpc) is 3.85. The summed E-state index contributed by atoms with van der Waals surface area (Å²) in [6.07, 6.45) is -4.26.